The maximum Gasteiger partial charge on any atom is 0.228 e. The normalized spacial score (nSPS) is 13.3. The minimum atomic E-state index is 0.0226. The van der Waals surface area contributed by atoms with Crippen molar-refractivity contribution in [3.8, 4) is 16.9 Å². The Morgan fingerprint density at radius 3 is 2.76 bits per heavy atom. The lowest BCUT2D eigenvalue weighted by atomic mass is 10.0. The smallest absolute Gasteiger partial charge is 0.228 e. The molecule has 2 aromatic rings. The van der Waals surface area contributed by atoms with E-state index in [0.29, 0.717) is 6.42 Å². The molecule has 0 unspecified atom stereocenters. The summed E-state index contributed by atoms with van der Waals surface area (Å²) in [5.41, 5.74) is 3.53. The summed E-state index contributed by atoms with van der Waals surface area (Å²) in [6, 6.07) is 12.9. The molecule has 0 bridgehead atoms. The summed E-state index contributed by atoms with van der Waals surface area (Å²) in [6.07, 6.45) is 0.441. The van der Waals surface area contributed by atoms with Gasteiger partial charge in [0.05, 0.1) is 6.42 Å². The molecule has 0 radical (unpaired) electrons. The zero-order chi connectivity index (χ0) is 11.8. The van der Waals surface area contributed by atoms with E-state index in [0.717, 1.165) is 22.4 Å². The molecule has 0 aliphatic carbocycles. The van der Waals surface area contributed by atoms with E-state index < -0.39 is 0 Å². The highest BCUT2D eigenvalue weighted by molar-refractivity contribution is 6.00. The van der Waals surface area contributed by atoms with Crippen LogP contribution in [-0.4, -0.2) is 11.0 Å². The maximum atomic E-state index is 11.3. The number of fused-ring (bicyclic) bond motifs is 1. The molecular weight excluding hydrogens is 214 g/mol. The summed E-state index contributed by atoms with van der Waals surface area (Å²) in [7, 11) is 0. The number of para-hydroxylation sites is 1. The highest BCUT2D eigenvalue weighted by Gasteiger charge is 2.18. The molecule has 0 aromatic heterocycles. The van der Waals surface area contributed by atoms with E-state index in [4.69, 9.17) is 0 Å². The molecule has 0 fully saturated rings. The van der Waals surface area contributed by atoms with Crippen molar-refractivity contribution in [2.45, 2.75) is 6.42 Å². The van der Waals surface area contributed by atoms with Crippen molar-refractivity contribution < 1.29 is 9.90 Å². The van der Waals surface area contributed by atoms with Gasteiger partial charge in [0.1, 0.15) is 5.75 Å². The lowest BCUT2D eigenvalue weighted by molar-refractivity contribution is -0.115. The van der Waals surface area contributed by atoms with Crippen molar-refractivity contribution in [2.24, 2.45) is 0 Å². The van der Waals surface area contributed by atoms with Gasteiger partial charge in [-0.3, -0.25) is 4.79 Å². The van der Waals surface area contributed by atoms with E-state index in [1.807, 2.05) is 30.3 Å². The number of hydrogen-bond acceptors (Lipinski definition) is 2. The third-order valence-corrected chi connectivity index (χ3v) is 2.95. The van der Waals surface area contributed by atoms with Gasteiger partial charge in [-0.05, 0) is 23.3 Å². The number of phenols is 1. The van der Waals surface area contributed by atoms with Crippen LogP contribution in [0, 0.1) is 0 Å². The summed E-state index contributed by atoms with van der Waals surface area (Å²) in [4.78, 5) is 11.3. The molecule has 1 aliphatic rings. The standard InChI is InChI=1S/C14H11NO2/c16-13-4-2-1-3-11(13)9-5-6-10-8-14(17)15-12(10)7-9/h1-7,16H,8H2,(H,15,17). The summed E-state index contributed by atoms with van der Waals surface area (Å²) in [5, 5.41) is 12.6. The van der Waals surface area contributed by atoms with Crippen molar-refractivity contribution in [1.29, 1.82) is 0 Å². The van der Waals surface area contributed by atoms with Crippen molar-refractivity contribution in [3.63, 3.8) is 0 Å². The first-order valence-corrected chi connectivity index (χ1v) is 5.45. The van der Waals surface area contributed by atoms with Crippen molar-refractivity contribution in [1.82, 2.24) is 0 Å². The van der Waals surface area contributed by atoms with Gasteiger partial charge in [0.2, 0.25) is 5.91 Å². The number of amides is 1. The Morgan fingerprint density at radius 2 is 1.94 bits per heavy atom. The number of phenolic OH excluding ortho intramolecular Hbond substituents is 1. The Kier molecular flexibility index (Phi) is 2.11. The quantitative estimate of drug-likeness (QED) is 0.783. The maximum absolute atomic E-state index is 11.3. The van der Waals surface area contributed by atoms with E-state index in [1.165, 1.54) is 0 Å². The molecular formula is C14H11NO2. The van der Waals surface area contributed by atoms with Crippen LogP contribution in [0.5, 0.6) is 5.75 Å². The van der Waals surface area contributed by atoms with Gasteiger partial charge in [-0.1, -0.05) is 30.3 Å². The minimum absolute atomic E-state index is 0.0226. The molecule has 1 amide bonds. The number of hydrogen-bond donors (Lipinski definition) is 2. The molecule has 0 atom stereocenters. The van der Waals surface area contributed by atoms with Gasteiger partial charge in [0, 0.05) is 11.3 Å². The van der Waals surface area contributed by atoms with Gasteiger partial charge in [-0.25, -0.2) is 0 Å². The Bertz CT molecular complexity index is 605. The van der Waals surface area contributed by atoms with E-state index >= 15 is 0 Å². The predicted molar refractivity (Wildman–Crippen MR) is 65.9 cm³/mol. The molecule has 0 saturated carbocycles. The number of rotatable bonds is 1. The molecule has 0 saturated heterocycles. The molecule has 1 heterocycles. The van der Waals surface area contributed by atoms with Crippen molar-refractivity contribution >= 4 is 11.6 Å². The van der Waals surface area contributed by atoms with Gasteiger partial charge in [0.15, 0.2) is 0 Å². The average Bonchev–Trinajstić information content (AvgIpc) is 2.68. The molecule has 3 nitrogen and oxygen atoms in total. The van der Waals surface area contributed by atoms with Gasteiger partial charge in [0.25, 0.3) is 0 Å². The largest absolute Gasteiger partial charge is 0.507 e. The number of benzene rings is 2. The number of carbonyl (C=O) groups is 1. The van der Waals surface area contributed by atoms with Crippen molar-refractivity contribution in [2.75, 3.05) is 5.32 Å². The first-order chi connectivity index (χ1) is 8.24. The topological polar surface area (TPSA) is 49.3 Å². The second-order valence-corrected chi connectivity index (χ2v) is 4.11. The van der Waals surface area contributed by atoms with Crippen LogP contribution >= 0.6 is 0 Å². The first kappa shape index (κ1) is 9.90. The van der Waals surface area contributed by atoms with Crippen LogP contribution in [0.2, 0.25) is 0 Å². The van der Waals surface area contributed by atoms with Crippen molar-refractivity contribution in [3.05, 3.63) is 48.0 Å². The second-order valence-electron chi connectivity index (χ2n) is 4.11. The van der Waals surface area contributed by atoms with Gasteiger partial charge >= 0.3 is 0 Å². The average molecular weight is 225 g/mol. The van der Waals surface area contributed by atoms with Crippen LogP contribution in [0.15, 0.2) is 42.5 Å². The number of nitrogens with one attached hydrogen (secondary N) is 1. The third-order valence-electron chi connectivity index (χ3n) is 2.95. The molecule has 2 N–H and O–H groups in total. The van der Waals surface area contributed by atoms with Crippen LogP contribution in [0.1, 0.15) is 5.56 Å². The summed E-state index contributed by atoms with van der Waals surface area (Å²) in [5.74, 6) is 0.270. The van der Waals surface area contributed by atoms with Gasteiger partial charge in [-0.2, -0.15) is 0 Å². The fraction of sp³-hybridized carbons (Fsp3) is 0.0714. The molecule has 1 aliphatic heterocycles. The number of carbonyl (C=O) groups excluding carboxylic acids is 1. The molecule has 3 heteroatoms. The van der Waals surface area contributed by atoms with E-state index in [-0.39, 0.29) is 11.7 Å². The monoisotopic (exact) mass is 225 g/mol. The SMILES string of the molecule is O=C1Cc2ccc(-c3ccccc3O)cc2N1. The fourth-order valence-corrected chi connectivity index (χ4v) is 2.10. The molecule has 2 aromatic carbocycles. The predicted octanol–water partition coefficient (Wildman–Crippen LogP) is 2.55. The Hall–Kier alpha value is -2.29. The zero-order valence-electron chi connectivity index (χ0n) is 9.10. The first-order valence-electron chi connectivity index (χ1n) is 5.45. The second kappa shape index (κ2) is 3.63. The highest BCUT2D eigenvalue weighted by Crippen LogP contribution is 2.33. The summed E-state index contributed by atoms with van der Waals surface area (Å²) >= 11 is 0. The summed E-state index contributed by atoms with van der Waals surface area (Å²) in [6.45, 7) is 0. The minimum Gasteiger partial charge on any atom is -0.507 e. The number of anilines is 1. The highest BCUT2D eigenvalue weighted by atomic mass is 16.3. The van der Waals surface area contributed by atoms with E-state index in [1.54, 1.807) is 12.1 Å². The lowest BCUT2D eigenvalue weighted by Crippen LogP contribution is -2.03. The molecule has 84 valence electrons. The fourth-order valence-electron chi connectivity index (χ4n) is 2.10. The van der Waals surface area contributed by atoms with Crippen LogP contribution < -0.4 is 5.32 Å². The lowest BCUT2D eigenvalue weighted by Gasteiger charge is -2.06. The Balaban J connectivity index is 2.09. The van der Waals surface area contributed by atoms with Crippen LogP contribution in [0.4, 0.5) is 5.69 Å². The Labute approximate surface area is 98.7 Å². The third kappa shape index (κ3) is 1.65. The van der Waals surface area contributed by atoms with Gasteiger partial charge in [-0.15, -0.1) is 0 Å². The number of aromatic hydroxyl groups is 1. The van der Waals surface area contributed by atoms with E-state index in [9.17, 15) is 9.90 Å². The van der Waals surface area contributed by atoms with Crippen LogP contribution in [-0.2, 0) is 11.2 Å². The zero-order valence-corrected chi connectivity index (χ0v) is 9.10. The molecule has 0 spiro atoms. The van der Waals surface area contributed by atoms with Gasteiger partial charge < -0.3 is 10.4 Å². The summed E-state index contributed by atoms with van der Waals surface area (Å²) < 4.78 is 0. The van der Waals surface area contributed by atoms with Crippen LogP contribution in [0.25, 0.3) is 11.1 Å². The molecule has 17 heavy (non-hydrogen) atoms. The Morgan fingerprint density at radius 1 is 1.12 bits per heavy atom. The van der Waals surface area contributed by atoms with E-state index in [2.05, 4.69) is 5.32 Å². The van der Waals surface area contributed by atoms with Crippen LogP contribution in [0.3, 0.4) is 0 Å². The molecule has 3 rings (SSSR count).